The first-order valence-electron chi connectivity index (χ1n) is 8.64. The monoisotopic (exact) mass is 289 g/mol. The zero-order chi connectivity index (χ0) is 14.4. The predicted octanol–water partition coefficient (Wildman–Crippen LogP) is 2.26. The molecule has 0 saturated heterocycles. The Kier molecular flexibility index (Phi) is 3.50. The Morgan fingerprint density at radius 3 is 2.48 bits per heavy atom. The topological polar surface area (TPSA) is 68.8 Å². The summed E-state index contributed by atoms with van der Waals surface area (Å²) in [5.41, 5.74) is 4.32. The van der Waals surface area contributed by atoms with E-state index in [4.69, 9.17) is 5.84 Å². The van der Waals surface area contributed by atoms with Crippen LogP contribution >= 0.6 is 0 Å². The number of hydrogen-bond donors (Lipinski definition) is 2. The molecule has 1 aromatic rings. The zero-order valence-corrected chi connectivity index (χ0v) is 12.9. The molecule has 0 spiro atoms. The lowest BCUT2D eigenvalue weighted by Gasteiger charge is -2.56. The van der Waals surface area contributed by atoms with Gasteiger partial charge in [0, 0.05) is 6.54 Å². The number of hydrazine groups is 1. The molecule has 3 N–H and O–H groups in total. The molecule has 0 aliphatic heterocycles. The van der Waals surface area contributed by atoms with Crippen LogP contribution in [0.25, 0.3) is 0 Å². The van der Waals surface area contributed by atoms with Crippen LogP contribution in [0.5, 0.6) is 0 Å². The summed E-state index contributed by atoms with van der Waals surface area (Å²) in [5.74, 6) is 10.4. The van der Waals surface area contributed by atoms with Crippen molar-refractivity contribution in [3.8, 4) is 0 Å². The number of nitrogens with zero attached hydrogens (tertiary/aromatic N) is 3. The van der Waals surface area contributed by atoms with Crippen molar-refractivity contribution < 1.29 is 0 Å². The van der Waals surface area contributed by atoms with Gasteiger partial charge in [0.2, 0.25) is 0 Å². The molecule has 0 radical (unpaired) electrons. The number of aromatic nitrogens is 3. The van der Waals surface area contributed by atoms with Gasteiger partial charge in [0.05, 0.1) is 17.9 Å². The quantitative estimate of drug-likeness (QED) is 0.644. The molecule has 1 atom stereocenters. The highest BCUT2D eigenvalue weighted by atomic mass is 15.4. The van der Waals surface area contributed by atoms with Crippen LogP contribution in [0, 0.1) is 29.6 Å². The minimum absolute atomic E-state index is 0.224. The number of hydrogen-bond acceptors (Lipinski definition) is 4. The normalized spacial score (nSPS) is 38.9. The van der Waals surface area contributed by atoms with Gasteiger partial charge < -0.3 is 0 Å². The SMILES string of the molecule is CCCn1nncc1C(NN)C1C2CC3CC(C2)CC1C3. The van der Waals surface area contributed by atoms with Crippen LogP contribution in [-0.4, -0.2) is 15.0 Å². The van der Waals surface area contributed by atoms with E-state index in [9.17, 15) is 0 Å². The van der Waals surface area contributed by atoms with Gasteiger partial charge in [-0.25, -0.2) is 4.68 Å². The third-order valence-electron chi connectivity index (χ3n) is 6.27. The molecule has 4 saturated carbocycles. The lowest BCUT2D eigenvalue weighted by molar-refractivity contribution is -0.0537. The van der Waals surface area contributed by atoms with E-state index in [2.05, 4.69) is 27.3 Å². The van der Waals surface area contributed by atoms with Gasteiger partial charge in [-0.1, -0.05) is 12.1 Å². The number of aryl methyl sites for hydroxylation is 1. The van der Waals surface area contributed by atoms with Gasteiger partial charge in [0.15, 0.2) is 0 Å². The average molecular weight is 289 g/mol. The van der Waals surface area contributed by atoms with Crippen molar-refractivity contribution in [2.24, 2.45) is 35.4 Å². The second kappa shape index (κ2) is 5.36. The summed E-state index contributed by atoms with van der Waals surface area (Å²) in [6, 6.07) is 0.224. The van der Waals surface area contributed by atoms with E-state index >= 15 is 0 Å². The van der Waals surface area contributed by atoms with E-state index in [1.54, 1.807) is 0 Å². The Balaban J connectivity index is 1.62. The molecule has 1 aromatic heterocycles. The summed E-state index contributed by atoms with van der Waals surface area (Å²) in [6.45, 7) is 3.11. The summed E-state index contributed by atoms with van der Waals surface area (Å²) in [6.07, 6.45) is 10.2. The van der Waals surface area contributed by atoms with Crippen molar-refractivity contribution in [1.82, 2.24) is 20.4 Å². The van der Waals surface area contributed by atoms with E-state index < -0.39 is 0 Å². The third-order valence-corrected chi connectivity index (χ3v) is 6.27. The fourth-order valence-corrected chi connectivity index (χ4v) is 5.80. The second-order valence-corrected chi connectivity index (χ2v) is 7.53. The van der Waals surface area contributed by atoms with Crippen LogP contribution in [0.1, 0.15) is 57.2 Å². The van der Waals surface area contributed by atoms with Crippen molar-refractivity contribution in [3.05, 3.63) is 11.9 Å². The highest BCUT2D eigenvalue weighted by molar-refractivity contribution is 5.10. The van der Waals surface area contributed by atoms with Gasteiger partial charge in [-0.05, 0) is 68.1 Å². The maximum atomic E-state index is 5.99. The Hall–Kier alpha value is -0.940. The summed E-state index contributed by atoms with van der Waals surface area (Å²) >= 11 is 0. The standard InChI is InChI=1S/C16H27N5/c1-2-3-21-14(9-18-20-21)16(19-17)15-12-5-10-4-11(7-12)8-13(15)6-10/h9-13,15-16,19H,2-8,17H2,1H3. The smallest absolute Gasteiger partial charge is 0.0773 e. The van der Waals surface area contributed by atoms with Gasteiger partial charge in [0.25, 0.3) is 0 Å². The molecule has 4 aliphatic rings. The molecular formula is C16H27N5. The summed E-state index contributed by atoms with van der Waals surface area (Å²) in [5, 5.41) is 8.40. The van der Waals surface area contributed by atoms with Gasteiger partial charge in [0.1, 0.15) is 0 Å². The molecule has 4 fully saturated rings. The molecule has 0 aromatic carbocycles. The predicted molar refractivity (Wildman–Crippen MR) is 80.9 cm³/mol. The molecule has 1 unspecified atom stereocenters. The van der Waals surface area contributed by atoms with Crippen molar-refractivity contribution >= 4 is 0 Å². The molecule has 116 valence electrons. The van der Waals surface area contributed by atoms with Crippen LogP contribution in [-0.2, 0) is 6.54 Å². The van der Waals surface area contributed by atoms with Crippen LogP contribution < -0.4 is 11.3 Å². The average Bonchev–Trinajstić information content (AvgIpc) is 2.90. The van der Waals surface area contributed by atoms with E-state index in [1.165, 1.54) is 37.8 Å². The third kappa shape index (κ3) is 2.21. The number of nitrogens with two attached hydrogens (primary N) is 1. The summed E-state index contributed by atoms with van der Waals surface area (Å²) in [7, 11) is 0. The Bertz CT molecular complexity index is 469. The molecule has 0 amide bonds. The van der Waals surface area contributed by atoms with E-state index in [1.807, 2.05) is 6.20 Å². The van der Waals surface area contributed by atoms with E-state index in [0.29, 0.717) is 5.92 Å². The second-order valence-electron chi connectivity index (χ2n) is 7.53. The van der Waals surface area contributed by atoms with Crippen LogP contribution in [0.15, 0.2) is 6.20 Å². The molecule has 4 aliphatic carbocycles. The summed E-state index contributed by atoms with van der Waals surface area (Å²) in [4.78, 5) is 0. The van der Waals surface area contributed by atoms with Gasteiger partial charge >= 0.3 is 0 Å². The number of rotatable bonds is 5. The highest BCUT2D eigenvalue weighted by Crippen LogP contribution is 2.59. The molecule has 5 rings (SSSR count). The van der Waals surface area contributed by atoms with Gasteiger partial charge in [-0.15, -0.1) is 5.10 Å². The molecule has 5 nitrogen and oxygen atoms in total. The van der Waals surface area contributed by atoms with E-state index in [0.717, 1.165) is 36.6 Å². The van der Waals surface area contributed by atoms with Crippen LogP contribution in [0.4, 0.5) is 0 Å². The first-order valence-corrected chi connectivity index (χ1v) is 8.64. The van der Waals surface area contributed by atoms with Crippen molar-refractivity contribution in [2.45, 2.75) is 58.0 Å². The molecule has 21 heavy (non-hydrogen) atoms. The molecule has 1 heterocycles. The molecular weight excluding hydrogens is 262 g/mol. The van der Waals surface area contributed by atoms with E-state index in [-0.39, 0.29) is 6.04 Å². The lowest BCUT2D eigenvalue weighted by atomic mass is 9.50. The Labute approximate surface area is 126 Å². The van der Waals surface area contributed by atoms with Gasteiger partial charge in [-0.2, -0.15) is 0 Å². The molecule has 5 heteroatoms. The maximum Gasteiger partial charge on any atom is 0.0773 e. The van der Waals surface area contributed by atoms with Crippen molar-refractivity contribution in [1.29, 1.82) is 0 Å². The zero-order valence-electron chi connectivity index (χ0n) is 12.9. The van der Waals surface area contributed by atoms with Crippen LogP contribution in [0.2, 0.25) is 0 Å². The Morgan fingerprint density at radius 2 is 1.90 bits per heavy atom. The summed E-state index contributed by atoms with van der Waals surface area (Å²) < 4.78 is 2.05. The lowest BCUT2D eigenvalue weighted by Crippen LogP contribution is -2.51. The first kappa shape index (κ1) is 13.7. The fourth-order valence-electron chi connectivity index (χ4n) is 5.80. The largest absolute Gasteiger partial charge is 0.271 e. The number of nitrogens with one attached hydrogen (secondary N) is 1. The highest BCUT2D eigenvalue weighted by Gasteiger charge is 2.51. The van der Waals surface area contributed by atoms with Gasteiger partial charge in [-0.3, -0.25) is 11.3 Å². The minimum atomic E-state index is 0.224. The first-order chi connectivity index (χ1) is 10.3. The Morgan fingerprint density at radius 1 is 1.24 bits per heavy atom. The molecule has 4 bridgehead atoms. The maximum absolute atomic E-state index is 5.99. The fraction of sp³-hybridized carbons (Fsp3) is 0.875. The van der Waals surface area contributed by atoms with Crippen LogP contribution in [0.3, 0.4) is 0 Å². The van der Waals surface area contributed by atoms with Crippen molar-refractivity contribution in [2.75, 3.05) is 0 Å². The van der Waals surface area contributed by atoms with Crippen molar-refractivity contribution in [3.63, 3.8) is 0 Å². The minimum Gasteiger partial charge on any atom is -0.271 e.